The monoisotopic (exact) mass is 310 g/mol. The van der Waals surface area contributed by atoms with Crippen LogP contribution in [0.15, 0.2) is 0 Å². The lowest BCUT2D eigenvalue weighted by Crippen LogP contribution is -2.56. The first-order valence-corrected chi connectivity index (χ1v) is 8.77. The average molecular weight is 311 g/mol. The molecule has 0 aromatic heterocycles. The molecule has 1 amide bonds. The Kier molecular flexibility index (Phi) is 4.96. The van der Waals surface area contributed by atoms with Gasteiger partial charge in [-0.2, -0.15) is 0 Å². The summed E-state index contributed by atoms with van der Waals surface area (Å²) in [7, 11) is 0. The molecule has 0 atom stereocenters. The van der Waals surface area contributed by atoms with E-state index in [1.165, 1.54) is 0 Å². The third-order valence-corrected chi connectivity index (χ3v) is 6.00. The Hall–Kier alpha value is -0.640. The van der Waals surface area contributed by atoms with Crippen LogP contribution >= 0.6 is 12.2 Å². The molecule has 2 saturated carbocycles. The fourth-order valence-electron chi connectivity index (χ4n) is 3.97. The van der Waals surface area contributed by atoms with Crippen LogP contribution in [0.5, 0.6) is 0 Å². The van der Waals surface area contributed by atoms with E-state index < -0.39 is 5.54 Å². The van der Waals surface area contributed by atoms with E-state index in [0.29, 0.717) is 10.4 Å². The zero-order valence-electron chi connectivity index (χ0n) is 13.7. The number of carbonyl (C=O) groups is 1. The lowest BCUT2D eigenvalue weighted by molar-refractivity contribution is -0.127. The number of nitrogens with two attached hydrogens (primary N) is 1. The zero-order valence-corrected chi connectivity index (χ0v) is 14.5. The van der Waals surface area contributed by atoms with Crippen LogP contribution in [-0.2, 0) is 4.79 Å². The average Bonchev–Trinajstić information content (AvgIpc) is 2.88. The number of amides is 1. The quantitative estimate of drug-likeness (QED) is 0.784. The maximum atomic E-state index is 12.6. The lowest BCUT2D eigenvalue weighted by Gasteiger charge is -2.38. The smallest absolute Gasteiger partial charge is 0.223 e. The van der Waals surface area contributed by atoms with Gasteiger partial charge in [0.1, 0.15) is 0 Å². The summed E-state index contributed by atoms with van der Waals surface area (Å²) in [5, 5.41) is 3.21. The Labute approximate surface area is 134 Å². The minimum Gasteiger partial charge on any atom is -0.391 e. The molecule has 3 N–H and O–H groups in total. The maximum Gasteiger partial charge on any atom is 0.223 e. The molecule has 0 bridgehead atoms. The molecule has 2 rings (SSSR count). The number of hydrogen-bond acceptors (Lipinski definition) is 2. The summed E-state index contributed by atoms with van der Waals surface area (Å²) in [6.07, 6.45) is 8.34. The predicted molar refractivity (Wildman–Crippen MR) is 91.0 cm³/mol. The van der Waals surface area contributed by atoms with Crippen LogP contribution in [0.3, 0.4) is 0 Å². The van der Waals surface area contributed by atoms with Gasteiger partial charge < -0.3 is 11.1 Å². The molecule has 0 aromatic rings. The molecular weight excluding hydrogens is 280 g/mol. The Morgan fingerprint density at radius 1 is 1.14 bits per heavy atom. The second-order valence-electron chi connectivity index (χ2n) is 8.06. The van der Waals surface area contributed by atoms with Gasteiger partial charge >= 0.3 is 0 Å². The predicted octanol–water partition coefficient (Wildman–Crippen LogP) is 3.55. The summed E-state index contributed by atoms with van der Waals surface area (Å²) >= 11 is 5.22. The van der Waals surface area contributed by atoms with Crippen LogP contribution in [0.25, 0.3) is 0 Å². The van der Waals surface area contributed by atoms with Crippen molar-refractivity contribution in [3.8, 4) is 0 Å². The number of nitrogens with one attached hydrogen (secondary N) is 1. The van der Waals surface area contributed by atoms with Crippen molar-refractivity contribution in [2.45, 2.75) is 77.7 Å². The molecule has 2 aliphatic rings. The van der Waals surface area contributed by atoms with Crippen LogP contribution in [0.2, 0.25) is 0 Å². The van der Waals surface area contributed by atoms with Gasteiger partial charge in [0.15, 0.2) is 0 Å². The van der Waals surface area contributed by atoms with E-state index in [2.05, 4.69) is 26.1 Å². The summed E-state index contributed by atoms with van der Waals surface area (Å²) in [4.78, 5) is 13.1. The van der Waals surface area contributed by atoms with Gasteiger partial charge in [-0.15, -0.1) is 0 Å². The first kappa shape index (κ1) is 16.7. The van der Waals surface area contributed by atoms with Crippen molar-refractivity contribution in [2.75, 3.05) is 0 Å². The molecule has 0 unspecified atom stereocenters. The standard InChI is InChI=1S/C17H30N2OS/c1-16(2,3)13-8-6-12(7-9-13)14(20)19-17(15(18)21)10-4-5-11-17/h12-13H,4-11H2,1-3H3,(H2,18,21)(H,19,20). The number of carbonyl (C=O) groups excluding carboxylic acids is 1. The van der Waals surface area contributed by atoms with E-state index in [1.807, 2.05) is 0 Å². The Bertz CT molecular complexity index is 400. The third-order valence-electron chi connectivity index (χ3n) is 5.61. The van der Waals surface area contributed by atoms with Crippen LogP contribution < -0.4 is 11.1 Å². The number of rotatable bonds is 3. The lowest BCUT2D eigenvalue weighted by atomic mass is 9.69. The Morgan fingerprint density at radius 3 is 2.10 bits per heavy atom. The number of thiocarbonyl (C=S) groups is 1. The topological polar surface area (TPSA) is 55.1 Å². The highest BCUT2D eigenvalue weighted by Gasteiger charge is 2.40. The van der Waals surface area contributed by atoms with Crippen LogP contribution in [0, 0.1) is 17.3 Å². The highest BCUT2D eigenvalue weighted by molar-refractivity contribution is 7.80. The van der Waals surface area contributed by atoms with Gasteiger partial charge in [0.05, 0.1) is 10.5 Å². The molecule has 0 heterocycles. The summed E-state index contributed by atoms with van der Waals surface area (Å²) in [6, 6.07) is 0. The summed E-state index contributed by atoms with van der Waals surface area (Å²) in [5.41, 5.74) is 5.86. The van der Waals surface area contributed by atoms with E-state index in [4.69, 9.17) is 18.0 Å². The SMILES string of the molecule is CC(C)(C)C1CCC(C(=O)NC2(C(N)=S)CCCC2)CC1. The minimum absolute atomic E-state index is 0.149. The largest absolute Gasteiger partial charge is 0.391 e. The number of hydrogen-bond donors (Lipinski definition) is 2. The molecule has 0 radical (unpaired) electrons. The fraction of sp³-hybridized carbons (Fsp3) is 0.882. The van der Waals surface area contributed by atoms with Crippen molar-refractivity contribution in [1.82, 2.24) is 5.32 Å². The van der Waals surface area contributed by atoms with Crippen LogP contribution in [-0.4, -0.2) is 16.4 Å². The van der Waals surface area contributed by atoms with Crippen molar-refractivity contribution in [1.29, 1.82) is 0 Å². The molecule has 2 fully saturated rings. The van der Waals surface area contributed by atoms with Crippen molar-refractivity contribution in [3.63, 3.8) is 0 Å². The molecule has 0 aliphatic heterocycles. The van der Waals surface area contributed by atoms with Gasteiger partial charge in [-0.25, -0.2) is 0 Å². The second-order valence-corrected chi connectivity index (χ2v) is 8.50. The van der Waals surface area contributed by atoms with E-state index in [1.54, 1.807) is 0 Å². The Balaban J connectivity index is 1.92. The van der Waals surface area contributed by atoms with Crippen LogP contribution in [0.1, 0.15) is 72.1 Å². The van der Waals surface area contributed by atoms with Gasteiger partial charge in [0, 0.05) is 5.92 Å². The molecular formula is C17H30N2OS. The fourth-order valence-corrected chi connectivity index (χ4v) is 4.23. The van der Waals surface area contributed by atoms with E-state index in [9.17, 15) is 4.79 Å². The van der Waals surface area contributed by atoms with Crippen molar-refractivity contribution >= 4 is 23.1 Å². The molecule has 4 heteroatoms. The van der Waals surface area contributed by atoms with Crippen molar-refractivity contribution in [3.05, 3.63) is 0 Å². The van der Waals surface area contributed by atoms with Gasteiger partial charge in [0.2, 0.25) is 5.91 Å². The zero-order chi connectivity index (χ0) is 15.7. The maximum absolute atomic E-state index is 12.6. The molecule has 0 spiro atoms. The molecule has 3 nitrogen and oxygen atoms in total. The van der Waals surface area contributed by atoms with Crippen LogP contribution in [0.4, 0.5) is 0 Å². The summed E-state index contributed by atoms with van der Waals surface area (Å²) in [5.74, 6) is 1.06. The van der Waals surface area contributed by atoms with Gasteiger partial charge in [-0.05, 0) is 49.9 Å². The summed E-state index contributed by atoms with van der Waals surface area (Å²) in [6.45, 7) is 6.91. The normalized spacial score (nSPS) is 29.1. The molecule has 0 saturated heterocycles. The first-order chi connectivity index (χ1) is 9.74. The van der Waals surface area contributed by atoms with Crippen molar-refractivity contribution in [2.24, 2.45) is 23.0 Å². The van der Waals surface area contributed by atoms with Crippen molar-refractivity contribution < 1.29 is 4.79 Å². The third kappa shape index (κ3) is 3.77. The first-order valence-electron chi connectivity index (χ1n) is 8.36. The molecule has 2 aliphatic carbocycles. The van der Waals surface area contributed by atoms with E-state index >= 15 is 0 Å². The minimum atomic E-state index is -0.396. The van der Waals surface area contributed by atoms with Gasteiger partial charge in [-0.3, -0.25) is 4.79 Å². The Morgan fingerprint density at radius 2 is 1.67 bits per heavy atom. The van der Waals surface area contributed by atoms with E-state index in [0.717, 1.165) is 57.3 Å². The highest BCUT2D eigenvalue weighted by Crippen LogP contribution is 2.40. The molecule has 0 aromatic carbocycles. The highest BCUT2D eigenvalue weighted by atomic mass is 32.1. The molecule has 21 heavy (non-hydrogen) atoms. The van der Waals surface area contributed by atoms with Gasteiger partial charge in [0.25, 0.3) is 0 Å². The second kappa shape index (κ2) is 6.23. The van der Waals surface area contributed by atoms with Gasteiger partial charge in [-0.1, -0.05) is 45.8 Å². The summed E-state index contributed by atoms with van der Waals surface area (Å²) < 4.78 is 0. The van der Waals surface area contributed by atoms with E-state index in [-0.39, 0.29) is 11.8 Å². The molecule has 120 valence electrons.